The van der Waals surface area contributed by atoms with E-state index in [9.17, 15) is 19.5 Å². The van der Waals surface area contributed by atoms with Crippen LogP contribution in [0.3, 0.4) is 0 Å². The van der Waals surface area contributed by atoms with E-state index < -0.39 is 5.56 Å². The van der Waals surface area contributed by atoms with Crippen LogP contribution in [0.25, 0.3) is 32.7 Å². The Bertz CT molecular complexity index is 2050. The number of aromatic nitrogens is 3. The van der Waals surface area contributed by atoms with Gasteiger partial charge in [0.2, 0.25) is 5.88 Å². The second-order valence-electron chi connectivity index (χ2n) is 12.3. The van der Waals surface area contributed by atoms with Gasteiger partial charge in [-0.1, -0.05) is 6.07 Å². The van der Waals surface area contributed by atoms with Crippen molar-refractivity contribution < 1.29 is 14.6 Å². The minimum atomic E-state index is -0.408. The lowest BCUT2D eigenvalue weighted by atomic mass is 9.90. The summed E-state index contributed by atoms with van der Waals surface area (Å²) < 4.78 is 13.6. The van der Waals surface area contributed by atoms with Gasteiger partial charge in [-0.15, -0.1) is 0 Å². The standard InChI is InChI=1S/C35H40N6O6/c42-32-25-6-7-26-30-29(25)27(34(44)40(32)13-3-11-38-15-19-46-20-16-38)23-28(37-10-8-24-5-1-2-9-36-24)31(30)35(45)41(33(26)43)14-4-12-39-17-21-47-22-18-39/h1-2,5-7,9,23,43H,3-4,8,10-22H2. The smallest absolute Gasteiger partial charge is 0.263 e. The zero-order valence-corrected chi connectivity index (χ0v) is 26.5. The van der Waals surface area contributed by atoms with Gasteiger partial charge in [0.05, 0.1) is 42.7 Å². The van der Waals surface area contributed by atoms with Crippen molar-refractivity contribution >= 4 is 21.5 Å². The zero-order valence-electron chi connectivity index (χ0n) is 26.5. The third kappa shape index (κ3) is 6.26. The third-order valence-electron chi connectivity index (χ3n) is 9.46. The molecule has 1 N–H and O–H groups in total. The molecule has 2 aromatic heterocycles. The van der Waals surface area contributed by atoms with Crippen LogP contribution in [0, 0.1) is 0 Å². The van der Waals surface area contributed by atoms with Gasteiger partial charge in [0, 0.05) is 98.9 Å². The molecule has 1 aliphatic carbocycles. The Kier molecular flexibility index (Phi) is 9.25. The van der Waals surface area contributed by atoms with E-state index in [-0.39, 0.29) is 23.5 Å². The van der Waals surface area contributed by atoms with E-state index in [1.54, 1.807) is 24.4 Å². The van der Waals surface area contributed by atoms with Crippen molar-refractivity contribution in [3.63, 3.8) is 0 Å². The number of rotatable bonds is 11. The summed E-state index contributed by atoms with van der Waals surface area (Å²) >= 11 is 0. The highest BCUT2D eigenvalue weighted by atomic mass is 16.5. The maximum atomic E-state index is 14.2. The van der Waals surface area contributed by atoms with Gasteiger partial charge in [0.25, 0.3) is 16.7 Å². The number of pyridine rings is 3. The van der Waals surface area contributed by atoms with Gasteiger partial charge in [-0.2, -0.15) is 0 Å². The van der Waals surface area contributed by atoms with Gasteiger partial charge in [-0.3, -0.25) is 43.3 Å². The average molecular weight is 641 g/mol. The summed E-state index contributed by atoms with van der Waals surface area (Å²) in [5, 5.41) is 13.4. The largest absolute Gasteiger partial charge is 0.494 e. The Morgan fingerprint density at radius 1 is 0.745 bits per heavy atom. The minimum Gasteiger partial charge on any atom is -0.494 e. The van der Waals surface area contributed by atoms with Gasteiger partial charge in [-0.05, 0) is 43.2 Å². The van der Waals surface area contributed by atoms with Crippen LogP contribution in [-0.2, 0) is 29.0 Å². The van der Waals surface area contributed by atoms with Gasteiger partial charge in [-0.25, -0.2) is 0 Å². The first-order valence-corrected chi connectivity index (χ1v) is 16.6. The van der Waals surface area contributed by atoms with Crippen molar-refractivity contribution in [1.29, 1.82) is 0 Å². The number of ether oxygens (including phenoxy) is 2. The molecule has 0 saturated carbocycles. The molecular formula is C35H40N6O6. The number of morpholine rings is 2. The first kappa shape index (κ1) is 31.4. The molecule has 246 valence electrons. The first-order chi connectivity index (χ1) is 23.0. The van der Waals surface area contributed by atoms with Crippen molar-refractivity contribution in [3.05, 3.63) is 84.7 Å². The lowest BCUT2D eigenvalue weighted by Crippen LogP contribution is -2.39. The molecule has 2 saturated heterocycles. The van der Waals surface area contributed by atoms with Crippen molar-refractivity contribution in [1.82, 2.24) is 23.9 Å². The molecular weight excluding hydrogens is 600 g/mol. The molecule has 12 nitrogen and oxygen atoms in total. The maximum absolute atomic E-state index is 14.2. The Hall–Kier alpha value is -4.23. The van der Waals surface area contributed by atoms with E-state index in [1.165, 1.54) is 9.13 Å². The number of benzene rings is 2. The highest BCUT2D eigenvalue weighted by molar-refractivity contribution is 6.15. The Morgan fingerprint density at radius 2 is 1.40 bits per heavy atom. The molecule has 3 aliphatic heterocycles. The first-order valence-electron chi connectivity index (χ1n) is 16.6. The Morgan fingerprint density at radius 3 is 2.06 bits per heavy atom. The Balaban J connectivity index is 1.33. The van der Waals surface area contributed by atoms with Crippen molar-refractivity contribution in [2.75, 3.05) is 72.2 Å². The van der Waals surface area contributed by atoms with Gasteiger partial charge >= 0.3 is 0 Å². The fourth-order valence-corrected chi connectivity index (χ4v) is 6.99. The quantitative estimate of drug-likeness (QED) is 0.213. The van der Waals surface area contributed by atoms with Crippen LogP contribution in [0.4, 0.5) is 0 Å². The molecule has 2 fully saturated rings. The normalized spacial score (nSPS) is 17.1. The molecule has 0 unspecified atom stereocenters. The predicted octanol–water partition coefficient (Wildman–Crippen LogP) is 1.35. The maximum Gasteiger partial charge on any atom is 0.263 e. The highest BCUT2D eigenvalue weighted by Gasteiger charge is 2.27. The van der Waals surface area contributed by atoms with Crippen LogP contribution in [0.1, 0.15) is 18.5 Å². The molecule has 1 aromatic carbocycles. The molecule has 7 rings (SSSR count). The fraction of sp³-hybridized carbons (Fsp3) is 0.457. The summed E-state index contributed by atoms with van der Waals surface area (Å²) in [4.78, 5) is 55.9. The number of hydrogen-bond donors (Lipinski definition) is 1. The van der Waals surface area contributed by atoms with Gasteiger partial charge < -0.3 is 14.6 Å². The lowest BCUT2D eigenvalue weighted by molar-refractivity contribution is 0.0368. The highest BCUT2D eigenvalue weighted by Crippen LogP contribution is 2.36. The molecule has 12 heteroatoms. The molecule has 0 spiro atoms. The molecule has 3 aromatic rings. The van der Waals surface area contributed by atoms with Crippen LogP contribution < -0.4 is 22.0 Å². The van der Waals surface area contributed by atoms with Crippen LogP contribution in [0.2, 0.25) is 0 Å². The predicted molar refractivity (Wildman–Crippen MR) is 179 cm³/mol. The zero-order chi connectivity index (χ0) is 32.3. The van der Waals surface area contributed by atoms with Crippen LogP contribution in [0.5, 0.6) is 5.88 Å². The summed E-state index contributed by atoms with van der Waals surface area (Å²) in [6, 6.07) is 10.7. The van der Waals surface area contributed by atoms with Crippen molar-refractivity contribution in [3.8, 4) is 17.0 Å². The van der Waals surface area contributed by atoms with E-state index in [2.05, 4.69) is 14.8 Å². The monoisotopic (exact) mass is 640 g/mol. The third-order valence-corrected chi connectivity index (χ3v) is 9.46. The summed E-state index contributed by atoms with van der Waals surface area (Å²) in [5.41, 5.74) is 0.421. The summed E-state index contributed by atoms with van der Waals surface area (Å²) in [5.74, 6) is -0.166. The molecule has 0 amide bonds. The fourth-order valence-electron chi connectivity index (χ4n) is 6.99. The number of hydrogen-bond acceptors (Lipinski definition) is 10. The van der Waals surface area contributed by atoms with E-state index in [0.717, 1.165) is 45.0 Å². The molecule has 0 atom stereocenters. The van der Waals surface area contributed by atoms with Crippen LogP contribution >= 0.6 is 0 Å². The van der Waals surface area contributed by atoms with E-state index in [1.807, 2.05) is 18.2 Å². The van der Waals surface area contributed by atoms with Crippen molar-refractivity contribution in [2.45, 2.75) is 32.4 Å². The van der Waals surface area contributed by atoms with E-state index >= 15 is 0 Å². The summed E-state index contributed by atoms with van der Waals surface area (Å²) in [6.45, 7) is 8.54. The number of nitrogens with zero attached hydrogens (tertiary/aromatic N) is 6. The average Bonchev–Trinajstić information content (AvgIpc) is 3.10. The molecule has 0 bridgehead atoms. The van der Waals surface area contributed by atoms with E-state index in [4.69, 9.17) is 14.5 Å². The van der Waals surface area contributed by atoms with Crippen LogP contribution in [0.15, 0.2) is 62.0 Å². The lowest BCUT2D eigenvalue weighted by Gasteiger charge is -2.26. The minimum absolute atomic E-state index is 0.166. The molecule has 47 heavy (non-hydrogen) atoms. The van der Waals surface area contributed by atoms with Crippen LogP contribution in [-0.4, -0.2) is 101 Å². The Labute approximate surface area is 271 Å². The van der Waals surface area contributed by atoms with Gasteiger partial charge in [0.1, 0.15) is 0 Å². The number of aromatic hydroxyl groups is 1. The molecule has 5 heterocycles. The van der Waals surface area contributed by atoms with E-state index in [0.29, 0.717) is 96.8 Å². The second kappa shape index (κ2) is 13.9. The molecule has 0 radical (unpaired) electrons. The SMILES string of the molecule is O=c1c2c(=NCCc3ccccn3)cc3c(=O)n(CCCN4CCOCC4)c(=O)c4ccc(c(O)n1CCCN1CCOCC1)c2c4-3. The van der Waals surface area contributed by atoms with Gasteiger partial charge in [0.15, 0.2) is 0 Å². The summed E-state index contributed by atoms with van der Waals surface area (Å²) in [6.07, 6.45) is 3.58. The topological polar surface area (TPSA) is 131 Å². The summed E-state index contributed by atoms with van der Waals surface area (Å²) in [7, 11) is 0. The second-order valence-corrected chi connectivity index (χ2v) is 12.3. The van der Waals surface area contributed by atoms with Crippen molar-refractivity contribution in [2.24, 2.45) is 4.99 Å². The molecule has 4 aliphatic rings.